The molecule has 3 rings (SSSR count). The normalized spacial score (nSPS) is 20.6. The van der Waals surface area contributed by atoms with Crippen molar-refractivity contribution in [2.75, 3.05) is 6.54 Å². The first-order valence-corrected chi connectivity index (χ1v) is 7.93. The fourth-order valence-corrected chi connectivity index (χ4v) is 3.32. The molecule has 1 unspecified atom stereocenters. The number of H-pyrrole nitrogens is 1. The molecule has 21 heavy (non-hydrogen) atoms. The number of aromatic nitrogens is 2. The van der Waals surface area contributed by atoms with Crippen molar-refractivity contribution < 1.29 is 0 Å². The van der Waals surface area contributed by atoms with E-state index in [0.717, 1.165) is 5.69 Å². The first kappa shape index (κ1) is 14.3. The highest BCUT2D eigenvalue weighted by Crippen LogP contribution is 2.36. The molecule has 0 saturated carbocycles. The van der Waals surface area contributed by atoms with Gasteiger partial charge in [-0.25, -0.2) is 0 Å². The van der Waals surface area contributed by atoms with E-state index in [4.69, 9.17) is 0 Å². The number of piperidine rings is 1. The fraction of sp³-hybridized carbons (Fsp3) is 0.500. The molecule has 2 aromatic rings. The average molecular weight is 283 g/mol. The van der Waals surface area contributed by atoms with Crippen LogP contribution in [0.15, 0.2) is 36.4 Å². The molecule has 1 aromatic heterocycles. The van der Waals surface area contributed by atoms with Gasteiger partial charge in [0.25, 0.3) is 0 Å². The lowest BCUT2D eigenvalue weighted by molar-refractivity contribution is 0.0488. The summed E-state index contributed by atoms with van der Waals surface area (Å²) in [6.45, 7) is 8.07. The van der Waals surface area contributed by atoms with Crippen LogP contribution in [0.5, 0.6) is 0 Å². The van der Waals surface area contributed by atoms with Crippen molar-refractivity contribution >= 4 is 0 Å². The Bertz CT molecular complexity index is 580. The van der Waals surface area contributed by atoms with Crippen LogP contribution in [0.25, 0.3) is 11.3 Å². The van der Waals surface area contributed by atoms with Gasteiger partial charge in [0.15, 0.2) is 0 Å². The lowest BCUT2D eigenvalue weighted by Crippen LogP contribution is -2.46. The summed E-state index contributed by atoms with van der Waals surface area (Å²) in [5.41, 5.74) is 3.69. The van der Waals surface area contributed by atoms with Crippen molar-refractivity contribution in [2.24, 2.45) is 0 Å². The van der Waals surface area contributed by atoms with Gasteiger partial charge >= 0.3 is 0 Å². The van der Waals surface area contributed by atoms with Gasteiger partial charge in [-0.3, -0.25) is 10.00 Å². The third kappa shape index (κ3) is 3.03. The number of hydrogen-bond donors (Lipinski definition) is 1. The largest absolute Gasteiger partial charge is 0.290 e. The predicted octanol–water partition coefficient (Wildman–Crippen LogP) is 4.40. The summed E-state index contributed by atoms with van der Waals surface area (Å²) >= 11 is 0. The third-order valence-electron chi connectivity index (χ3n) is 4.39. The zero-order valence-electron chi connectivity index (χ0n) is 13.3. The average Bonchev–Trinajstić information content (AvgIpc) is 2.97. The molecule has 1 aliphatic heterocycles. The predicted molar refractivity (Wildman–Crippen MR) is 87.1 cm³/mol. The molecule has 0 amide bonds. The lowest BCUT2D eigenvalue weighted by Gasteiger charge is -2.44. The number of benzene rings is 1. The summed E-state index contributed by atoms with van der Waals surface area (Å²) in [4.78, 5) is 2.60. The molecule has 0 aliphatic carbocycles. The van der Waals surface area contributed by atoms with E-state index in [1.807, 2.05) is 6.07 Å². The van der Waals surface area contributed by atoms with E-state index in [0.29, 0.717) is 6.04 Å². The van der Waals surface area contributed by atoms with E-state index < -0.39 is 0 Å². The SMILES string of the molecule is CC(C)(C)N1CCCCC1c1cc(-c2ccccc2)[nH]n1. The zero-order valence-corrected chi connectivity index (χ0v) is 13.3. The van der Waals surface area contributed by atoms with E-state index >= 15 is 0 Å². The molecule has 1 aliphatic rings. The standard InChI is InChI=1S/C18H25N3/c1-18(2,3)21-12-8-7-11-17(21)16-13-15(19-20-16)14-9-5-4-6-10-14/h4-6,9-10,13,17H,7-8,11-12H2,1-3H3,(H,19,20). The Labute approximate surface area is 127 Å². The van der Waals surface area contributed by atoms with Crippen LogP contribution < -0.4 is 0 Å². The van der Waals surface area contributed by atoms with E-state index in [2.05, 4.69) is 66.2 Å². The van der Waals surface area contributed by atoms with Crippen molar-refractivity contribution in [3.63, 3.8) is 0 Å². The second-order valence-electron chi connectivity index (χ2n) is 6.95. The summed E-state index contributed by atoms with van der Waals surface area (Å²) in [7, 11) is 0. The summed E-state index contributed by atoms with van der Waals surface area (Å²) in [6, 6.07) is 13.1. The highest BCUT2D eigenvalue weighted by atomic mass is 15.2. The van der Waals surface area contributed by atoms with E-state index in [-0.39, 0.29) is 5.54 Å². The van der Waals surface area contributed by atoms with Gasteiger partial charge in [-0.05, 0) is 51.8 Å². The van der Waals surface area contributed by atoms with Crippen LogP contribution >= 0.6 is 0 Å². The summed E-state index contributed by atoms with van der Waals surface area (Å²) in [5.74, 6) is 0. The Morgan fingerprint density at radius 2 is 1.90 bits per heavy atom. The molecule has 1 saturated heterocycles. The number of nitrogens with one attached hydrogen (secondary N) is 1. The van der Waals surface area contributed by atoms with Crippen LogP contribution in [-0.2, 0) is 0 Å². The maximum atomic E-state index is 4.61. The van der Waals surface area contributed by atoms with Gasteiger partial charge in [-0.2, -0.15) is 5.10 Å². The highest BCUT2D eigenvalue weighted by Gasteiger charge is 2.33. The summed E-state index contributed by atoms with van der Waals surface area (Å²) in [6.07, 6.45) is 3.80. The Morgan fingerprint density at radius 1 is 1.14 bits per heavy atom. The number of rotatable bonds is 2. The van der Waals surface area contributed by atoms with Gasteiger partial charge in [0.05, 0.1) is 17.4 Å². The Hall–Kier alpha value is -1.61. The molecule has 2 heterocycles. The van der Waals surface area contributed by atoms with E-state index in [1.54, 1.807) is 0 Å². The maximum absolute atomic E-state index is 4.61. The molecular formula is C18H25N3. The minimum absolute atomic E-state index is 0.191. The molecule has 3 nitrogen and oxygen atoms in total. The highest BCUT2D eigenvalue weighted by molar-refractivity contribution is 5.59. The maximum Gasteiger partial charge on any atom is 0.0800 e. The second-order valence-corrected chi connectivity index (χ2v) is 6.95. The quantitative estimate of drug-likeness (QED) is 0.885. The number of likely N-dealkylation sites (tertiary alicyclic amines) is 1. The molecule has 3 heteroatoms. The molecule has 0 radical (unpaired) electrons. The summed E-state index contributed by atoms with van der Waals surface area (Å²) in [5, 5.41) is 7.83. The topological polar surface area (TPSA) is 31.9 Å². The van der Waals surface area contributed by atoms with Crippen molar-refractivity contribution in [1.82, 2.24) is 15.1 Å². The molecule has 0 bridgehead atoms. The van der Waals surface area contributed by atoms with Gasteiger partial charge in [0, 0.05) is 5.54 Å². The molecular weight excluding hydrogens is 258 g/mol. The van der Waals surface area contributed by atoms with Crippen LogP contribution in [0.4, 0.5) is 0 Å². The van der Waals surface area contributed by atoms with Gasteiger partial charge in [-0.1, -0.05) is 36.8 Å². The smallest absolute Gasteiger partial charge is 0.0800 e. The van der Waals surface area contributed by atoms with E-state index in [1.165, 1.54) is 37.1 Å². The van der Waals surface area contributed by atoms with Crippen molar-refractivity contribution in [1.29, 1.82) is 0 Å². The number of aromatic amines is 1. The van der Waals surface area contributed by atoms with Crippen molar-refractivity contribution in [3.8, 4) is 11.3 Å². The Morgan fingerprint density at radius 3 is 2.62 bits per heavy atom. The molecule has 1 N–H and O–H groups in total. The zero-order chi connectivity index (χ0) is 14.9. The van der Waals surface area contributed by atoms with Gasteiger partial charge in [-0.15, -0.1) is 0 Å². The first-order chi connectivity index (χ1) is 10.1. The first-order valence-electron chi connectivity index (χ1n) is 7.93. The molecule has 1 fully saturated rings. The van der Waals surface area contributed by atoms with Crippen LogP contribution in [0, 0.1) is 0 Å². The minimum atomic E-state index is 0.191. The minimum Gasteiger partial charge on any atom is -0.290 e. The fourth-order valence-electron chi connectivity index (χ4n) is 3.32. The van der Waals surface area contributed by atoms with Gasteiger partial charge in [0.1, 0.15) is 0 Å². The van der Waals surface area contributed by atoms with Crippen LogP contribution in [0.2, 0.25) is 0 Å². The third-order valence-corrected chi connectivity index (χ3v) is 4.39. The van der Waals surface area contributed by atoms with Crippen molar-refractivity contribution in [3.05, 3.63) is 42.1 Å². The van der Waals surface area contributed by atoms with Crippen molar-refractivity contribution in [2.45, 2.75) is 51.6 Å². The second kappa shape index (κ2) is 5.64. The van der Waals surface area contributed by atoms with Crippen LogP contribution in [0.1, 0.15) is 51.8 Å². The molecule has 1 atom stereocenters. The molecule has 0 spiro atoms. The summed E-state index contributed by atoms with van der Waals surface area (Å²) < 4.78 is 0. The van der Waals surface area contributed by atoms with Crippen LogP contribution in [-0.4, -0.2) is 27.2 Å². The Balaban J connectivity index is 1.88. The molecule has 112 valence electrons. The number of hydrogen-bond acceptors (Lipinski definition) is 2. The van der Waals surface area contributed by atoms with Gasteiger partial charge in [0.2, 0.25) is 0 Å². The van der Waals surface area contributed by atoms with E-state index in [9.17, 15) is 0 Å². The molecule has 1 aromatic carbocycles. The number of nitrogens with zero attached hydrogens (tertiary/aromatic N) is 2. The van der Waals surface area contributed by atoms with Crippen LogP contribution in [0.3, 0.4) is 0 Å². The lowest BCUT2D eigenvalue weighted by atomic mass is 9.92. The van der Waals surface area contributed by atoms with Gasteiger partial charge < -0.3 is 0 Å². The monoisotopic (exact) mass is 283 g/mol. The Kier molecular flexibility index (Phi) is 3.85.